The summed E-state index contributed by atoms with van der Waals surface area (Å²) in [7, 11) is 1.61. The molecule has 110 valence electrons. The van der Waals surface area contributed by atoms with Crippen molar-refractivity contribution in [3.05, 3.63) is 24.3 Å². The molecule has 1 fully saturated rings. The van der Waals surface area contributed by atoms with E-state index in [0.29, 0.717) is 24.5 Å². The number of ether oxygens (including phenoxy) is 2. The van der Waals surface area contributed by atoms with Crippen molar-refractivity contribution in [2.75, 3.05) is 39.9 Å². The van der Waals surface area contributed by atoms with Crippen LogP contribution in [0.4, 0.5) is 0 Å². The number of rotatable bonds is 5. The number of nitrogens with zero attached hydrogens (tertiary/aromatic N) is 1. The van der Waals surface area contributed by atoms with Gasteiger partial charge in [0.15, 0.2) is 11.5 Å². The van der Waals surface area contributed by atoms with E-state index < -0.39 is 0 Å². The lowest BCUT2D eigenvalue weighted by molar-refractivity contribution is -0.131. The summed E-state index contributed by atoms with van der Waals surface area (Å²) < 4.78 is 10.8. The van der Waals surface area contributed by atoms with Gasteiger partial charge in [0.2, 0.25) is 5.91 Å². The highest BCUT2D eigenvalue weighted by atomic mass is 16.5. The summed E-state index contributed by atoms with van der Waals surface area (Å²) in [5, 5.41) is 3.29. The van der Waals surface area contributed by atoms with Gasteiger partial charge in [-0.05, 0) is 25.1 Å². The monoisotopic (exact) mass is 278 g/mol. The molecule has 0 spiro atoms. The van der Waals surface area contributed by atoms with Crippen LogP contribution in [0.5, 0.6) is 11.5 Å². The molecule has 0 bridgehead atoms. The first-order chi connectivity index (χ1) is 9.81. The van der Waals surface area contributed by atoms with Gasteiger partial charge < -0.3 is 19.7 Å². The van der Waals surface area contributed by atoms with Crippen molar-refractivity contribution in [3.63, 3.8) is 0 Å². The quantitative estimate of drug-likeness (QED) is 0.881. The molecule has 1 N–H and O–H groups in total. The fraction of sp³-hybridized carbons (Fsp3) is 0.533. The molecule has 1 heterocycles. The Morgan fingerprint density at radius 3 is 2.85 bits per heavy atom. The van der Waals surface area contributed by atoms with Crippen LogP contribution in [0.25, 0.3) is 0 Å². The SMILES string of the molecule is COc1ccccc1OCCC(=O)N1CCCNCC1. The van der Waals surface area contributed by atoms with Gasteiger partial charge in [-0.2, -0.15) is 0 Å². The Morgan fingerprint density at radius 1 is 1.25 bits per heavy atom. The largest absolute Gasteiger partial charge is 0.493 e. The molecule has 5 heteroatoms. The second-order valence-electron chi connectivity index (χ2n) is 4.73. The normalized spacial score (nSPS) is 15.6. The Hall–Kier alpha value is -1.75. The molecule has 1 aromatic rings. The summed E-state index contributed by atoms with van der Waals surface area (Å²) in [6, 6.07) is 7.47. The molecular formula is C15H22N2O3. The lowest BCUT2D eigenvalue weighted by Gasteiger charge is -2.20. The Balaban J connectivity index is 1.78. The van der Waals surface area contributed by atoms with E-state index in [2.05, 4.69) is 5.32 Å². The average molecular weight is 278 g/mol. The molecule has 1 amide bonds. The predicted molar refractivity (Wildman–Crippen MR) is 77.2 cm³/mol. The second kappa shape index (κ2) is 7.75. The number of nitrogens with one attached hydrogen (secondary N) is 1. The van der Waals surface area contributed by atoms with Crippen molar-refractivity contribution in [1.82, 2.24) is 10.2 Å². The summed E-state index contributed by atoms with van der Waals surface area (Å²) in [4.78, 5) is 14.0. The van der Waals surface area contributed by atoms with Crippen LogP contribution < -0.4 is 14.8 Å². The molecule has 1 saturated heterocycles. The van der Waals surface area contributed by atoms with Crippen LogP contribution in [-0.4, -0.2) is 50.7 Å². The molecule has 0 radical (unpaired) electrons. The highest BCUT2D eigenvalue weighted by Gasteiger charge is 2.15. The lowest BCUT2D eigenvalue weighted by atomic mass is 10.3. The number of para-hydroxylation sites is 2. The van der Waals surface area contributed by atoms with E-state index in [0.717, 1.165) is 32.6 Å². The number of hydrogen-bond acceptors (Lipinski definition) is 4. The predicted octanol–water partition coefficient (Wildman–Crippen LogP) is 1.29. The third-order valence-corrected chi connectivity index (χ3v) is 3.34. The Kier molecular flexibility index (Phi) is 5.68. The molecule has 0 aliphatic carbocycles. The minimum atomic E-state index is 0.156. The van der Waals surface area contributed by atoms with E-state index in [1.807, 2.05) is 29.2 Å². The zero-order chi connectivity index (χ0) is 14.2. The topological polar surface area (TPSA) is 50.8 Å². The summed E-state index contributed by atoms with van der Waals surface area (Å²) in [6.45, 7) is 3.86. The summed E-state index contributed by atoms with van der Waals surface area (Å²) in [5.74, 6) is 1.53. The van der Waals surface area contributed by atoms with Crippen LogP contribution in [-0.2, 0) is 4.79 Å². The first-order valence-corrected chi connectivity index (χ1v) is 7.05. The molecule has 2 rings (SSSR count). The third-order valence-electron chi connectivity index (χ3n) is 3.34. The number of carbonyl (C=O) groups is 1. The molecular weight excluding hydrogens is 256 g/mol. The van der Waals surface area contributed by atoms with Gasteiger partial charge in [-0.3, -0.25) is 4.79 Å². The molecule has 0 atom stereocenters. The molecule has 1 aromatic carbocycles. The van der Waals surface area contributed by atoms with E-state index in [-0.39, 0.29) is 5.91 Å². The summed E-state index contributed by atoms with van der Waals surface area (Å²) in [6.07, 6.45) is 1.41. The molecule has 1 aliphatic heterocycles. The molecule has 0 aromatic heterocycles. The fourth-order valence-electron chi connectivity index (χ4n) is 2.24. The van der Waals surface area contributed by atoms with Crippen molar-refractivity contribution in [3.8, 4) is 11.5 Å². The molecule has 5 nitrogen and oxygen atoms in total. The van der Waals surface area contributed by atoms with Crippen LogP contribution in [0.3, 0.4) is 0 Å². The lowest BCUT2D eigenvalue weighted by Crippen LogP contribution is -2.34. The van der Waals surface area contributed by atoms with E-state index in [1.54, 1.807) is 7.11 Å². The van der Waals surface area contributed by atoms with Gasteiger partial charge >= 0.3 is 0 Å². The van der Waals surface area contributed by atoms with Gasteiger partial charge in [0, 0.05) is 19.6 Å². The fourth-order valence-corrected chi connectivity index (χ4v) is 2.24. The van der Waals surface area contributed by atoms with Gasteiger partial charge in [-0.25, -0.2) is 0 Å². The van der Waals surface area contributed by atoms with Crippen LogP contribution >= 0.6 is 0 Å². The van der Waals surface area contributed by atoms with Crippen LogP contribution in [0, 0.1) is 0 Å². The van der Waals surface area contributed by atoms with Gasteiger partial charge in [-0.1, -0.05) is 12.1 Å². The molecule has 1 aliphatic rings. The van der Waals surface area contributed by atoms with Crippen molar-refractivity contribution in [1.29, 1.82) is 0 Å². The number of benzene rings is 1. The van der Waals surface area contributed by atoms with Crippen molar-refractivity contribution in [2.45, 2.75) is 12.8 Å². The Labute approximate surface area is 119 Å². The second-order valence-corrected chi connectivity index (χ2v) is 4.73. The number of hydrogen-bond donors (Lipinski definition) is 1. The highest BCUT2D eigenvalue weighted by Crippen LogP contribution is 2.25. The van der Waals surface area contributed by atoms with E-state index in [9.17, 15) is 4.79 Å². The van der Waals surface area contributed by atoms with Gasteiger partial charge in [0.1, 0.15) is 0 Å². The van der Waals surface area contributed by atoms with E-state index >= 15 is 0 Å². The van der Waals surface area contributed by atoms with Gasteiger partial charge in [0.05, 0.1) is 20.1 Å². The van der Waals surface area contributed by atoms with Crippen LogP contribution in [0.15, 0.2) is 24.3 Å². The maximum atomic E-state index is 12.1. The van der Waals surface area contributed by atoms with Crippen LogP contribution in [0.1, 0.15) is 12.8 Å². The number of methoxy groups -OCH3 is 1. The van der Waals surface area contributed by atoms with Crippen molar-refractivity contribution in [2.24, 2.45) is 0 Å². The zero-order valence-corrected chi connectivity index (χ0v) is 11.9. The molecule has 0 saturated carbocycles. The molecule has 20 heavy (non-hydrogen) atoms. The minimum absolute atomic E-state index is 0.156. The highest BCUT2D eigenvalue weighted by molar-refractivity contribution is 5.76. The standard InChI is InChI=1S/C15H22N2O3/c1-19-13-5-2-3-6-14(13)20-12-7-15(18)17-10-4-8-16-9-11-17/h2-3,5-6,16H,4,7-12H2,1H3. The van der Waals surface area contributed by atoms with Crippen molar-refractivity contribution >= 4 is 5.91 Å². The maximum Gasteiger partial charge on any atom is 0.226 e. The first-order valence-electron chi connectivity index (χ1n) is 7.05. The summed E-state index contributed by atoms with van der Waals surface area (Å²) >= 11 is 0. The Morgan fingerprint density at radius 2 is 2.05 bits per heavy atom. The van der Waals surface area contributed by atoms with E-state index in [4.69, 9.17) is 9.47 Å². The third kappa shape index (κ3) is 4.13. The first kappa shape index (κ1) is 14.7. The smallest absolute Gasteiger partial charge is 0.226 e. The maximum absolute atomic E-state index is 12.1. The molecule has 0 unspecified atom stereocenters. The van der Waals surface area contributed by atoms with Gasteiger partial charge in [-0.15, -0.1) is 0 Å². The average Bonchev–Trinajstić information content (AvgIpc) is 2.77. The van der Waals surface area contributed by atoms with Crippen molar-refractivity contribution < 1.29 is 14.3 Å². The summed E-state index contributed by atoms with van der Waals surface area (Å²) in [5.41, 5.74) is 0. The number of carbonyl (C=O) groups excluding carboxylic acids is 1. The number of amides is 1. The van der Waals surface area contributed by atoms with E-state index in [1.165, 1.54) is 0 Å². The van der Waals surface area contributed by atoms with Crippen LogP contribution in [0.2, 0.25) is 0 Å². The minimum Gasteiger partial charge on any atom is -0.493 e. The van der Waals surface area contributed by atoms with Gasteiger partial charge in [0.25, 0.3) is 0 Å². The Bertz CT molecular complexity index is 429. The zero-order valence-electron chi connectivity index (χ0n) is 11.9.